The minimum absolute atomic E-state index is 0.127. The maximum atomic E-state index is 12.8. The van der Waals surface area contributed by atoms with Crippen molar-refractivity contribution in [1.29, 1.82) is 0 Å². The summed E-state index contributed by atoms with van der Waals surface area (Å²) in [4.78, 5) is 50.8. The van der Waals surface area contributed by atoms with Crippen LogP contribution in [0.15, 0.2) is 42.5 Å². The van der Waals surface area contributed by atoms with Crippen LogP contribution in [0.25, 0.3) is 0 Å². The Labute approximate surface area is 156 Å². The number of rotatable bonds is 5. The van der Waals surface area contributed by atoms with Crippen molar-refractivity contribution in [3.8, 4) is 0 Å². The zero-order valence-electron chi connectivity index (χ0n) is 14.6. The van der Waals surface area contributed by atoms with Crippen molar-refractivity contribution in [2.45, 2.75) is 6.42 Å². The fourth-order valence-electron chi connectivity index (χ4n) is 5.20. The second kappa shape index (κ2) is 5.87. The van der Waals surface area contributed by atoms with Crippen LogP contribution in [0.4, 0.5) is 0 Å². The smallest absolute Gasteiger partial charge is 0.326 e. The fraction of sp³-hybridized carbons (Fsp3) is 0.429. The lowest BCUT2D eigenvalue weighted by atomic mass is 9.63. The molecule has 6 rings (SSSR count). The molecule has 0 aromatic heterocycles. The number of esters is 1. The van der Waals surface area contributed by atoms with E-state index in [0.717, 1.165) is 11.3 Å². The normalized spacial score (nSPS) is 35.0. The Morgan fingerprint density at radius 3 is 2.15 bits per heavy atom. The van der Waals surface area contributed by atoms with E-state index in [1.165, 1.54) is 0 Å². The van der Waals surface area contributed by atoms with E-state index in [9.17, 15) is 19.2 Å². The second-order valence-corrected chi connectivity index (χ2v) is 7.87. The molecule has 1 heterocycles. The van der Waals surface area contributed by atoms with Gasteiger partial charge in [0.1, 0.15) is 6.54 Å². The molecule has 6 atom stereocenters. The van der Waals surface area contributed by atoms with Gasteiger partial charge in [0.15, 0.2) is 12.4 Å². The summed E-state index contributed by atoms with van der Waals surface area (Å²) in [7, 11) is 0. The molecule has 5 aliphatic rings. The number of carbonyl (C=O) groups is 4. The fourth-order valence-corrected chi connectivity index (χ4v) is 5.20. The van der Waals surface area contributed by atoms with Crippen LogP contribution in [0.3, 0.4) is 0 Å². The van der Waals surface area contributed by atoms with Crippen molar-refractivity contribution in [3.63, 3.8) is 0 Å². The third-order valence-electron chi connectivity index (χ3n) is 6.50. The van der Waals surface area contributed by atoms with Crippen molar-refractivity contribution in [2.24, 2.45) is 35.5 Å². The van der Waals surface area contributed by atoms with E-state index in [-0.39, 0.29) is 41.3 Å². The third kappa shape index (κ3) is 2.46. The molecule has 0 N–H and O–H groups in total. The Kier molecular flexibility index (Phi) is 3.57. The van der Waals surface area contributed by atoms with Crippen LogP contribution in [-0.4, -0.2) is 41.6 Å². The Morgan fingerprint density at radius 1 is 0.963 bits per heavy atom. The van der Waals surface area contributed by atoms with Crippen molar-refractivity contribution < 1.29 is 23.9 Å². The molecule has 0 radical (unpaired) electrons. The highest BCUT2D eigenvalue weighted by atomic mass is 16.5. The summed E-state index contributed by atoms with van der Waals surface area (Å²) in [5.74, 6) is -0.928. The number of ketones is 1. The number of nitrogens with zero attached hydrogens (tertiary/aromatic N) is 1. The highest BCUT2D eigenvalue weighted by Crippen LogP contribution is 2.65. The first-order valence-electron chi connectivity index (χ1n) is 9.33. The minimum Gasteiger partial charge on any atom is -0.456 e. The Hall–Kier alpha value is -2.76. The van der Waals surface area contributed by atoms with Gasteiger partial charge in [0.05, 0.1) is 11.8 Å². The molecule has 1 aliphatic heterocycles. The number of hydrogen-bond donors (Lipinski definition) is 0. The number of imide groups is 1. The number of hydrogen-bond acceptors (Lipinski definition) is 5. The molecule has 2 saturated carbocycles. The number of Topliss-reactive ketones (excluding diaryl/α,β-unsaturated/α-hetero) is 1. The van der Waals surface area contributed by atoms with Gasteiger partial charge in [-0.1, -0.05) is 42.5 Å². The van der Waals surface area contributed by atoms with E-state index in [1.54, 1.807) is 30.3 Å². The largest absolute Gasteiger partial charge is 0.456 e. The molecular formula is C21H19NO5. The van der Waals surface area contributed by atoms with Crippen LogP contribution in [0.5, 0.6) is 0 Å². The Balaban J connectivity index is 1.23. The third-order valence-corrected chi connectivity index (χ3v) is 6.50. The van der Waals surface area contributed by atoms with E-state index in [0.29, 0.717) is 17.4 Å². The van der Waals surface area contributed by atoms with Gasteiger partial charge in [0.25, 0.3) is 0 Å². The molecule has 1 aromatic carbocycles. The Morgan fingerprint density at radius 2 is 1.56 bits per heavy atom. The standard InChI is InChI=1S/C21H19NO5/c23-16(11-4-2-1-3-5-11)10-27-17(24)9-22-20(25)18-12-6-7-13(15-8-14(12)15)19(18)21(22)26/h1-7,12-15,18-19H,8-10H2/t12-,13+,14-,15-,18+,19-/m1/s1. The topological polar surface area (TPSA) is 80.8 Å². The van der Waals surface area contributed by atoms with Gasteiger partial charge in [-0.2, -0.15) is 0 Å². The van der Waals surface area contributed by atoms with Gasteiger partial charge in [-0.25, -0.2) is 0 Å². The van der Waals surface area contributed by atoms with E-state index >= 15 is 0 Å². The molecule has 6 nitrogen and oxygen atoms in total. The van der Waals surface area contributed by atoms with Crippen molar-refractivity contribution in [2.75, 3.05) is 13.2 Å². The lowest BCUT2D eigenvalue weighted by Gasteiger charge is -2.37. The monoisotopic (exact) mass is 365 g/mol. The molecule has 1 saturated heterocycles. The number of ether oxygens (including phenoxy) is 1. The molecular weight excluding hydrogens is 346 g/mol. The molecule has 138 valence electrons. The zero-order chi connectivity index (χ0) is 18.7. The Bertz CT molecular complexity index is 840. The van der Waals surface area contributed by atoms with E-state index in [2.05, 4.69) is 12.2 Å². The van der Waals surface area contributed by atoms with Crippen LogP contribution in [0.2, 0.25) is 0 Å². The van der Waals surface area contributed by atoms with Crippen molar-refractivity contribution >= 4 is 23.6 Å². The number of carbonyl (C=O) groups excluding carboxylic acids is 4. The van der Waals surface area contributed by atoms with Crippen LogP contribution in [0, 0.1) is 35.5 Å². The van der Waals surface area contributed by atoms with Gasteiger partial charge < -0.3 is 4.74 Å². The van der Waals surface area contributed by atoms with E-state index in [1.807, 2.05) is 0 Å². The maximum absolute atomic E-state index is 12.8. The number of likely N-dealkylation sites (tertiary alicyclic amines) is 1. The molecule has 27 heavy (non-hydrogen) atoms. The number of benzene rings is 1. The highest BCUT2D eigenvalue weighted by Gasteiger charge is 2.67. The quantitative estimate of drug-likeness (QED) is 0.342. The molecule has 0 spiro atoms. The molecule has 3 fully saturated rings. The summed E-state index contributed by atoms with van der Waals surface area (Å²) in [5, 5.41) is 0. The molecule has 2 bridgehead atoms. The van der Waals surface area contributed by atoms with Crippen LogP contribution in [-0.2, 0) is 19.1 Å². The van der Waals surface area contributed by atoms with Gasteiger partial charge in [0, 0.05) is 5.56 Å². The summed E-state index contributed by atoms with van der Waals surface area (Å²) in [6.45, 7) is -0.815. The summed E-state index contributed by atoms with van der Waals surface area (Å²) in [6, 6.07) is 8.53. The molecule has 1 aromatic rings. The van der Waals surface area contributed by atoms with Gasteiger partial charge in [-0.3, -0.25) is 24.1 Å². The predicted octanol–water partition coefficient (Wildman–Crippen LogP) is 1.47. The van der Waals surface area contributed by atoms with Crippen LogP contribution >= 0.6 is 0 Å². The number of amides is 2. The van der Waals surface area contributed by atoms with Crippen molar-refractivity contribution in [3.05, 3.63) is 48.0 Å². The molecule has 2 amide bonds. The van der Waals surface area contributed by atoms with E-state index in [4.69, 9.17) is 4.74 Å². The van der Waals surface area contributed by atoms with Crippen molar-refractivity contribution in [1.82, 2.24) is 4.90 Å². The lowest BCUT2D eigenvalue weighted by molar-refractivity contribution is -0.152. The van der Waals surface area contributed by atoms with E-state index < -0.39 is 19.1 Å². The van der Waals surface area contributed by atoms with Crippen LogP contribution < -0.4 is 0 Å². The average Bonchev–Trinajstić information content (AvgIpc) is 3.48. The molecule has 4 aliphatic carbocycles. The predicted molar refractivity (Wildman–Crippen MR) is 93.1 cm³/mol. The maximum Gasteiger partial charge on any atom is 0.326 e. The zero-order valence-corrected chi connectivity index (χ0v) is 14.6. The molecule has 0 unspecified atom stereocenters. The summed E-state index contributed by atoms with van der Waals surface area (Å²) in [6.07, 6.45) is 5.27. The van der Waals surface area contributed by atoms with Crippen LogP contribution in [0.1, 0.15) is 16.8 Å². The molecule has 6 heteroatoms. The van der Waals surface area contributed by atoms with Gasteiger partial charge in [-0.15, -0.1) is 0 Å². The second-order valence-electron chi connectivity index (χ2n) is 7.87. The lowest BCUT2D eigenvalue weighted by Crippen LogP contribution is -2.40. The minimum atomic E-state index is -0.731. The van der Waals surface area contributed by atoms with Gasteiger partial charge >= 0.3 is 5.97 Å². The summed E-state index contributed by atoms with van der Waals surface area (Å²) >= 11 is 0. The summed E-state index contributed by atoms with van der Waals surface area (Å²) in [5.41, 5.74) is 0.450. The first-order valence-corrected chi connectivity index (χ1v) is 9.33. The number of allylic oxidation sites excluding steroid dienone is 2. The summed E-state index contributed by atoms with van der Waals surface area (Å²) < 4.78 is 5.02. The first-order chi connectivity index (χ1) is 13.1. The first kappa shape index (κ1) is 16.4. The highest BCUT2D eigenvalue weighted by molar-refractivity contribution is 6.08. The van der Waals surface area contributed by atoms with Gasteiger partial charge in [0.2, 0.25) is 11.8 Å². The average molecular weight is 365 g/mol. The van der Waals surface area contributed by atoms with Gasteiger partial charge in [-0.05, 0) is 30.1 Å². The SMILES string of the molecule is O=C(CN1C(=O)[C@@H]2[C@H]3C=C[C@H]([C@H]4C[C@H]34)[C@@H]2C1=O)OCC(=O)c1ccccc1.